The van der Waals surface area contributed by atoms with Gasteiger partial charge in [-0.3, -0.25) is 14.3 Å². The Kier molecular flexibility index (Phi) is 3.87. The molecule has 0 bridgehead atoms. The van der Waals surface area contributed by atoms with Gasteiger partial charge in [-0.25, -0.2) is 4.98 Å². The minimum Gasteiger partial charge on any atom is -0.485 e. The Morgan fingerprint density at radius 1 is 1.44 bits per heavy atom. The zero-order valence-electron chi connectivity index (χ0n) is 13.9. The maximum Gasteiger partial charge on any atom is 0.252 e. The number of carbonyl (C=O) groups is 2. The van der Waals surface area contributed by atoms with E-state index >= 15 is 0 Å². The van der Waals surface area contributed by atoms with Crippen LogP contribution in [0.15, 0.2) is 24.7 Å². The third-order valence-electron chi connectivity index (χ3n) is 4.63. The van der Waals surface area contributed by atoms with E-state index in [9.17, 15) is 9.59 Å². The molecule has 2 atom stereocenters. The molecule has 130 valence electrons. The Labute approximate surface area is 144 Å². The van der Waals surface area contributed by atoms with E-state index in [0.717, 1.165) is 19.3 Å². The van der Waals surface area contributed by atoms with Gasteiger partial charge in [0, 0.05) is 24.4 Å². The van der Waals surface area contributed by atoms with Gasteiger partial charge < -0.3 is 15.4 Å². The van der Waals surface area contributed by atoms with Gasteiger partial charge in [0.1, 0.15) is 11.9 Å². The summed E-state index contributed by atoms with van der Waals surface area (Å²) in [5.41, 5.74) is 1.16. The number of rotatable bonds is 4. The van der Waals surface area contributed by atoms with Crippen LogP contribution in [-0.4, -0.2) is 38.7 Å². The van der Waals surface area contributed by atoms with Gasteiger partial charge in [-0.05, 0) is 25.3 Å². The Morgan fingerprint density at radius 2 is 2.32 bits per heavy atom. The Hall–Kier alpha value is -2.90. The average molecular weight is 341 g/mol. The molecule has 8 nitrogen and oxygen atoms in total. The minimum absolute atomic E-state index is 0.0680. The van der Waals surface area contributed by atoms with Crippen molar-refractivity contribution in [1.82, 2.24) is 20.1 Å². The van der Waals surface area contributed by atoms with Crippen LogP contribution in [0.3, 0.4) is 0 Å². The highest BCUT2D eigenvalue weighted by molar-refractivity contribution is 6.04. The maximum atomic E-state index is 12.7. The lowest BCUT2D eigenvalue weighted by Gasteiger charge is -2.22. The third kappa shape index (κ3) is 3.07. The number of nitrogens with one attached hydrogen (secondary N) is 2. The number of fused-ring (bicyclic) bond motifs is 1. The van der Waals surface area contributed by atoms with Gasteiger partial charge in [0.2, 0.25) is 5.91 Å². The number of pyridine rings is 1. The highest BCUT2D eigenvalue weighted by atomic mass is 16.5. The largest absolute Gasteiger partial charge is 0.485 e. The molecule has 1 saturated carbocycles. The molecule has 25 heavy (non-hydrogen) atoms. The second-order valence-corrected chi connectivity index (χ2v) is 6.43. The van der Waals surface area contributed by atoms with Gasteiger partial charge >= 0.3 is 0 Å². The lowest BCUT2D eigenvalue weighted by atomic mass is 10.1. The van der Waals surface area contributed by atoms with Crippen LogP contribution in [-0.2, 0) is 18.3 Å². The zero-order valence-corrected chi connectivity index (χ0v) is 13.9. The third-order valence-corrected chi connectivity index (χ3v) is 4.63. The van der Waals surface area contributed by atoms with E-state index in [0.29, 0.717) is 22.7 Å². The molecule has 2 aromatic rings. The summed E-state index contributed by atoms with van der Waals surface area (Å²) < 4.78 is 7.66. The molecular formula is C17H19N5O3. The SMILES string of the molecule is Cn1cc(O[C@@H]2CCC[C@@H]2NC(=O)c2ccnc3c2CC(=O)N3)cn1. The van der Waals surface area contributed by atoms with Crippen LogP contribution in [0.4, 0.5) is 5.82 Å². The van der Waals surface area contributed by atoms with Crippen molar-refractivity contribution in [2.24, 2.45) is 7.05 Å². The van der Waals surface area contributed by atoms with E-state index in [4.69, 9.17) is 4.74 Å². The lowest BCUT2D eigenvalue weighted by molar-refractivity contribution is -0.115. The van der Waals surface area contributed by atoms with Crippen LogP contribution in [0, 0.1) is 0 Å². The summed E-state index contributed by atoms with van der Waals surface area (Å²) in [6.45, 7) is 0. The quantitative estimate of drug-likeness (QED) is 0.866. The van der Waals surface area contributed by atoms with Gasteiger partial charge in [0.25, 0.3) is 5.91 Å². The van der Waals surface area contributed by atoms with Crippen LogP contribution in [0.5, 0.6) is 5.75 Å². The summed E-state index contributed by atoms with van der Waals surface area (Å²) in [4.78, 5) is 28.4. The maximum absolute atomic E-state index is 12.7. The summed E-state index contributed by atoms with van der Waals surface area (Å²) in [5.74, 6) is 0.851. The number of nitrogens with zero attached hydrogens (tertiary/aromatic N) is 3. The molecule has 0 saturated heterocycles. The van der Waals surface area contributed by atoms with E-state index < -0.39 is 0 Å². The zero-order chi connectivity index (χ0) is 17.4. The molecule has 2 aliphatic rings. The van der Waals surface area contributed by atoms with Crippen molar-refractivity contribution in [1.29, 1.82) is 0 Å². The predicted octanol–water partition coefficient (Wildman–Crippen LogP) is 1.04. The smallest absolute Gasteiger partial charge is 0.252 e. The van der Waals surface area contributed by atoms with Crippen LogP contribution in [0.1, 0.15) is 35.2 Å². The topological polar surface area (TPSA) is 98.1 Å². The van der Waals surface area contributed by atoms with E-state index in [2.05, 4.69) is 20.7 Å². The number of ether oxygens (including phenoxy) is 1. The number of hydrogen-bond acceptors (Lipinski definition) is 5. The summed E-state index contributed by atoms with van der Waals surface area (Å²) in [6, 6.07) is 1.59. The molecule has 2 N–H and O–H groups in total. The summed E-state index contributed by atoms with van der Waals surface area (Å²) in [7, 11) is 1.83. The average Bonchev–Trinajstić information content (AvgIpc) is 3.27. The van der Waals surface area contributed by atoms with Crippen molar-refractivity contribution in [3.8, 4) is 5.75 Å². The van der Waals surface area contributed by atoms with Crippen LogP contribution in [0.2, 0.25) is 0 Å². The second kappa shape index (κ2) is 6.19. The van der Waals surface area contributed by atoms with Crippen molar-refractivity contribution in [3.63, 3.8) is 0 Å². The first-order chi connectivity index (χ1) is 12.1. The van der Waals surface area contributed by atoms with Crippen molar-refractivity contribution in [2.75, 3.05) is 5.32 Å². The van der Waals surface area contributed by atoms with Gasteiger partial charge in [-0.15, -0.1) is 0 Å². The number of amides is 2. The molecule has 1 fully saturated rings. The van der Waals surface area contributed by atoms with Crippen molar-refractivity contribution < 1.29 is 14.3 Å². The molecule has 0 spiro atoms. The van der Waals surface area contributed by atoms with E-state index in [1.165, 1.54) is 6.20 Å². The molecular weight excluding hydrogens is 322 g/mol. The second-order valence-electron chi connectivity index (χ2n) is 6.43. The Balaban J connectivity index is 1.47. The number of aromatic nitrogens is 3. The number of anilines is 1. The first-order valence-electron chi connectivity index (χ1n) is 8.34. The molecule has 1 aliphatic heterocycles. The van der Waals surface area contributed by atoms with Crippen molar-refractivity contribution >= 4 is 17.6 Å². The van der Waals surface area contributed by atoms with Gasteiger partial charge in [-0.1, -0.05) is 0 Å². The molecule has 4 rings (SSSR count). The van der Waals surface area contributed by atoms with Gasteiger partial charge in [0.15, 0.2) is 5.75 Å². The number of aryl methyl sites for hydroxylation is 1. The van der Waals surface area contributed by atoms with Crippen LogP contribution < -0.4 is 15.4 Å². The normalized spacial score (nSPS) is 21.7. The Bertz CT molecular complexity index is 831. The molecule has 3 heterocycles. The highest BCUT2D eigenvalue weighted by Gasteiger charge is 2.32. The molecule has 2 aromatic heterocycles. The van der Waals surface area contributed by atoms with Crippen LogP contribution >= 0.6 is 0 Å². The molecule has 0 radical (unpaired) electrons. The fourth-order valence-electron chi connectivity index (χ4n) is 3.44. The highest BCUT2D eigenvalue weighted by Crippen LogP contribution is 2.27. The molecule has 1 aliphatic carbocycles. The first kappa shape index (κ1) is 15.6. The number of hydrogen-bond donors (Lipinski definition) is 2. The summed E-state index contributed by atoms with van der Waals surface area (Å²) in [5, 5.41) is 9.82. The van der Waals surface area contributed by atoms with E-state index in [1.54, 1.807) is 16.9 Å². The van der Waals surface area contributed by atoms with Crippen molar-refractivity contribution in [2.45, 2.75) is 37.8 Å². The molecule has 8 heteroatoms. The van der Waals surface area contributed by atoms with E-state index in [-0.39, 0.29) is 30.4 Å². The first-order valence-corrected chi connectivity index (χ1v) is 8.34. The predicted molar refractivity (Wildman–Crippen MR) is 89.3 cm³/mol. The molecule has 2 amide bonds. The number of carbonyl (C=O) groups excluding carboxylic acids is 2. The van der Waals surface area contributed by atoms with Gasteiger partial charge in [0.05, 0.1) is 24.9 Å². The fraction of sp³-hybridized carbons (Fsp3) is 0.412. The van der Waals surface area contributed by atoms with Gasteiger partial charge in [-0.2, -0.15) is 5.10 Å². The molecule has 0 unspecified atom stereocenters. The minimum atomic E-state index is -0.193. The molecule has 0 aromatic carbocycles. The van der Waals surface area contributed by atoms with E-state index in [1.807, 2.05) is 13.2 Å². The monoisotopic (exact) mass is 341 g/mol. The summed E-state index contributed by atoms with van der Waals surface area (Å²) >= 11 is 0. The fourth-order valence-corrected chi connectivity index (χ4v) is 3.44. The summed E-state index contributed by atoms with van der Waals surface area (Å²) in [6.07, 6.45) is 7.86. The standard InChI is InChI=1S/C17H19N5O3/c1-22-9-10(8-19-22)25-14-4-2-3-13(14)20-17(24)11-5-6-18-16-12(11)7-15(23)21-16/h5-6,8-9,13-14H,2-4,7H2,1H3,(H,20,24)(H,18,21,23)/t13-,14+/m0/s1. The lowest BCUT2D eigenvalue weighted by Crippen LogP contribution is -2.42. The Morgan fingerprint density at radius 3 is 3.12 bits per heavy atom. The van der Waals surface area contributed by atoms with Crippen LogP contribution in [0.25, 0.3) is 0 Å². The van der Waals surface area contributed by atoms with Crippen molar-refractivity contribution in [3.05, 3.63) is 35.8 Å².